The summed E-state index contributed by atoms with van der Waals surface area (Å²) in [5, 5.41) is 4.15. The largest absolute Gasteiger partial charge is 0.405 e. The van der Waals surface area contributed by atoms with E-state index in [-0.39, 0.29) is 34.3 Å². The molecule has 2 aliphatic rings. The summed E-state index contributed by atoms with van der Waals surface area (Å²) < 4.78 is 81.1. The van der Waals surface area contributed by atoms with Gasteiger partial charge in [0, 0.05) is 49.7 Å². The number of thioether (sulfide) groups is 1. The molecule has 2 aliphatic heterocycles. The number of nitrogens with one attached hydrogen (secondary N) is 3. The Balaban J connectivity index is 1.54. The molecule has 0 saturated carbocycles. The summed E-state index contributed by atoms with van der Waals surface area (Å²) in [6.45, 7) is -0.415. The van der Waals surface area contributed by atoms with E-state index in [2.05, 4.69) is 10.0 Å². The van der Waals surface area contributed by atoms with Crippen molar-refractivity contribution in [2.45, 2.75) is 28.9 Å². The molecule has 1 saturated heterocycles. The number of anilines is 1. The van der Waals surface area contributed by atoms with E-state index in [1.54, 1.807) is 0 Å². The highest BCUT2D eigenvalue weighted by atomic mass is 32.2. The number of halogens is 4. The maximum atomic E-state index is 13.6. The second-order valence-corrected chi connectivity index (χ2v) is 11.7. The standard InChI is InChI=1S/C22H23F4N5O5S2/c1-11-5-13(3-4-14(11)23)28-19(32)17-18-16(8-30(17)2)38(35,36)29-15-7-31(6-12(15)9-37-18)21(34)20(33)27-10-22(24,25)26/h3-5,8,12,15,29H,6-7,9-10H2,1-2H3,(H,27,33)(H,28,32)/t12-,15-/m0/s1. The number of hydrogen-bond donors (Lipinski definition) is 3. The minimum absolute atomic E-state index is 0.0493. The van der Waals surface area contributed by atoms with Gasteiger partial charge in [-0.3, -0.25) is 14.4 Å². The summed E-state index contributed by atoms with van der Waals surface area (Å²) >= 11 is 1.08. The summed E-state index contributed by atoms with van der Waals surface area (Å²) in [5.74, 6) is -3.95. The van der Waals surface area contributed by atoms with E-state index in [9.17, 15) is 40.4 Å². The van der Waals surface area contributed by atoms with Gasteiger partial charge in [0.15, 0.2) is 0 Å². The Kier molecular flexibility index (Phi) is 7.51. The lowest BCUT2D eigenvalue weighted by molar-refractivity contribution is -0.150. The Morgan fingerprint density at radius 2 is 1.92 bits per heavy atom. The predicted octanol–water partition coefficient (Wildman–Crippen LogP) is 1.61. The van der Waals surface area contributed by atoms with Gasteiger partial charge in [-0.05, 0) is 30.7 Å². The van der Waals surface area contributed by atoms with Crippen LogP contribution in [0.25, 0.3) is 0 Å². The van der Waals surface area contributed by atoms with E-state index in [0.29, 0.717) is 11.3 Å². The number of rotatable bonds is 3. The second-order valence-electron chi connectivity index (χ2n) is 9.01. The second kappa shape index (κ2) is 10.2. The number of nitrogens with zero attached hydrogens (tertiary/aromatic N) is 2. The molecule has 38 heavy (non-hydrogen) atoms. The van der Waals surface area contributed by atoms with Crippen LogP contribution in [0.3, 0.4) is 0 Å². The van der Waals surface area contributed by atoms with E-state index in [1.807, 2.05) is 0 Å². The molecule has 3 N–H and O–H groups in total. The molecule has 3 heterocycles. The molecule has 2 aromatic rings. The topological polar surface area (TPSA) is 130 Å². The van der Waals surface area contributed by atoms with E-state index in [4.69, 9.17) is 0 Å². The van der Waals surface area contributed by atoms with Gasteiger partial charge in [0.05, 0.1) is 4.90 Å². The Labute approximate surface area is 219 Å². The first-order valence-corrected chi connectivity index (χ1v) is 13.7. The number of carbonyl (C=O) groups is 3. The highest BCUT2D eigenvalue weighted by Crippen LogP contribution is 2.38. The van der Waals surface area contributed by atoms with Crippen LogP contribution >= 0.6 is 11.8 Å². The van der Waals surface area contributed by atoms with Crippen LogP contribution in [0, 0.1) is 18.7 Å². The van der Waals surface area contributed by atoms with Gasteiger partial charge in [-0.15, -0.1) is 11.8 Å². The number of sulfonamides is 1. The number of fused-ring (bicyclic) bond motifs is 2. The van der Waals surface area contributed by atoms with Crippen LogP contribution in [0.4, 0.5) is 23.2 Å². The van der Waals surface area contributed by atoms with Crippen molar-refractivity contribution in [3.8, 4) is 0 Å². The zero-order chi connectivity index (χ0) is 28.0. The molecule has 4 rings (SSSR count). The maximum Gasteiger partial charge on any atom is 0.405 e. The van der Waals surface area contributed by atoms with E-state index in [1.165, 1.54) is 48.3 Å². The summed E-state index contributed by atoms with van der Waals surface area (Å²) in [7, 11) is -2.68. The van der Waals surface area contributed by atoms with Crippen LogP contribution < -0.4 is 15.4 Å². The lowest BCUT2D eigenvalue weighted by Crippen LogP contribution is -2.46. The summed E-state index contributed by atoms with van der Waals surface area (Å²) in [6.07, 6.45) is -3.42. The number of alkyl halides is 3. The van der Waals surface area contributed by atoms with Gasteiger partial charge in [0.25, 0.3) is 5.91 Å². The van der Waals surface area contributed by atoms with Crippen LogP contribution in [0.1, 0.15) is 16.1 Å². The lowest BCUT2D eigenvalue weighted by atomic mass is 10.1. The Bertz CT molecular complexity index is 1410. The van der Waals surface area contributed by atoms with Crippen molar-refractivity contribution in [2.75, 3.05) is 30.7 Å². The molecule has 1 fully saturated rings. The quantitative estimate of drug-likeness (QED) is 0.376. The zero-order valence-electron chi connectivity index (χ0n) is 20.1. The number of carbonyl (C=O) groups excluding carboxylic acids is 3. The molecule has 0 radical (unpaired) electrons. The van der Waals surface area contributed by atoms with Crippen molar-refractivity contribution < 1.29 is 40.4 Å². The average Bonchev–Trinajstić information content (AvgIpc) is 3.36. The zero-order valence-corrected chi connectivity index (χ0v) is 21.7. The van der Waals surface area contributed by atoms with Crippen molar-refractivity contribution in [2.24, 2.45) is 13.0 Å². The fourth-order valence-corrected chi connectivity index (χ4v) is 7.50. The number of aromatic nitrogens is 1. The van der Waals surface area contributed by atoms with Crippen LogP contribution in [-0.4, -0.2) is 73.2 Å². The van der Waals surface area contributed by atoms with Gasteiger partial charge in [0.1, 0.15) is 23.0 Å². The molecule has 0 bridgehead atoms. The van der Waals surface area contributed by atoms with E-state index >= 15 is 0 Å². The third-order valence-electron chi connectivity index (χ3n) is 6.14. The molecule has 0 aliphatic carbocycles. The van der Waals surface area contributed by atoms with Gasteiger partial charge >= 0.3 is 18.0 Å². The molecule has 3 amide bonds. The number of likely N-dealkylation sites (tertiary alicyclic amines) is 1. The van der Waals surface area contributed by atoms with Crippen LogP contribution in [0.2, 0.25) is 0 Å². The number of aryl methyl sites for hydroxylation is 2. The fraction of sp³-hybridized carbons (Fsp3) is 0.409. The van der Waals surface area contributed by atoms with Gasteiger partial charge in [-0.25, -0.2) is 17.5 Å². The smallest absolute Gasteiger partial charge is 0.344 e. The normalized spacial score (nSPS) is 20.6. The third-order valence-corrected chi connectivity index (χ3v) is 9.07. The molecule has 16 heteroatoms. The van der Waals surface area contributed by atoms with Crippen molar-refractivity contribution in [1.29, 1.82) is 0 Å². The minimum atomic E-state index is -4.69. The van der Waals surface area contributed by atoms with Crippen molar-refractivity contribution in [3.05, 3.63) is 41.5 Å². The Morgan fingerprint density at radius 3 is 2.58 bits per heavy atom. The predicted molar refractivity (Wildman–Crippen MR) is 128 cm³/mol. The van der Waals surface area contributed by atoms with E-state index < -0.39 is 58.2 Å². The Hall–Kier alpha value is -3.11. The van der Waals surface area contributed by atoms with Gasteiger partial charge < -0.3 is 20.1 Å². The molecule has 1 aromatic carbocycles. The first-order valence-electron chi connectivity index (χ1n) is 11.2. The van der Waals surface area contributed by atoms with Gasteiger partial charge in [-0.2, -0.15) is 13.2 Å². The Morgan fingerprint density at radius 1 is 1.21 bits per heavy atom. The highest BCUT2D eigenvalue weighted by molar-refractivity contribution is 8.00. The van der Waals surface area contributed by atoms with Crippen molar-refractivity contribution in [1.82, 2.24) is 19.5 Å². The van der Waals surface area contributed by atoms with Crippen LogP contribution in [0.15, 0.2) is 34.2 Å². The fourth-order valence-electron chi connectivity index (χ4n) is 4.28. The summed E-state index contributed by atoms with van der Waals surface area (Å²) in [5.41, 5.74) is 0.673. The van der Waals surface area contributed by atoms with Crippen LogP contribution in [-0.2, 0) is 26.7 Å². The minimum Gasteiger partial charge on any atom is -0.344 e. The molecular weight excluding hydrogens is 554 g/mol. The monoisotopic (exact) mass is 577 g/mol. The van der Waals surface area contributed by atoms with Crippen molar-refractivity contribution >= 4 is 45.2 Å². The number of amides is 3. The highest BCUT2D eigenvalue weighted by Gasteiger charge is 2.43. The maximum absolute atomic E-state index is 13.6. The SMILES string of the molecule is Cc1cc(NC(=O)c2c3c(cn2C)S(=O)(=O)N[C@H]2CN(C(=O)C(=O)NCC(F)(F)F)C[C@H]2CS3)ccc1F. The van der Waals surface area contributed by atoms with Crippen molar-refractivity contribution in [3.63, 3.8) is 0 Å². The first kappa shape index (κ1) is 27.9. The van der Waals surface area contributed by atoms with E-state index in [0.717, 1.165) is 16.7 Å². The van der Waals surface area contributed by atoms with Crippen LogP contribution in [0.5, 0.6) is 0 Å². The number of hydrogen-bond acceptors (Lipinski definition) is 6. The molecule has 2 atom stereocenters. The third kappa shape index (κ3) is 5.81. The van der Waals surface area contributed by atoms with Gasteiger partial charge in [-0.1, -0.05) is 0 Å². The first-order chi connectivity index (χ1) is 17.7. The average molecular weight is 578 g/mol. The number of benzene rings is 1. The lowest BCUT2D eigenvalue weighted by Gasteiger charge is -2.22. The van der Waals surface area contributed by atoms with Gasteiger partial charge in [0.2, 0.25) is 10.0 Å². The molecule has 0 spiro atoms. The molecule has 1 aromatic heterocycles. The molecular formula is C22H23F4N5O5S2. The molecule has 0 unspecified atom stereocenters. The summed E-state index contributed by atoms with van der Waals surface area (Å²) in [4.78, 5) is 38.4. The molecule has 206 valence electrons. The molecule has 10 nitrogen and oxygen atoms in total. The summed E-state index contributed by atoms with van der Waals surface area (Å²) in [6, 6.07) is 3.21.